The average molecular weight is 386 g/mol. The van der Waals surface area contributed by atoms with E-state index < -0.39 is 11.6 Å². The minimum Gasteiger partial charge on any atom is -0.211 e. The normalized spacial score (nSPS) is 11.3. The van der Waals surface area contributed by atoms with Crippen LogP contribution in [0.25, 0.3) is 28.3 Å². The van der Waals surface area contributed by atoms with Crippen LogP contribution >= 0.6 is 11.8 Å². The highest BCUT2D eigenvalue weighted by molar-refractivity contribution is 7.99. The molecule has 2 aromatic heterocycles. The molecule has 2 aromatic carbocycles. The van der Waals surface area contributed by atoms with Gasteiger partial charge in [0.1, 0.15) is 17.5 Å². The zero-order valence-electron chi connectivity index (χ0n) is 14.2. The van der Waals surface area contributed by atoms with Gasteiger partial charge < -0.3 is 0 Å². The summed E-state index contributed by atoms with van der Waals surface area (Å²) in [4.78, 5) is 8.85. The molecule has 0 radical (unpaired) electrons. The van der Waals surface area contributed by atoms with E-state index in [0.717, 1.165) is 11.8 Å². The molecule has 0 atom stereocenters. The first kappa shape index (κ1) is 17.5. The zero-order valence-corrected chi connectivity index (χ0v) is 15.0. The van der Waals surface area contributed by atoms with Crippen molar-refractivity contribution in [1.82, 2.24) is 19.6 Å². The van der Waals surface area contributed by atoms with Crippen LogP contribution in [0.1, 0.15) is 6.92 Å². The van der Waals surface area contributed by atoms with Crippen LogP contribution in [0, 0.1) is 17.5 Å². The number of benzene rings is 2. The predicted octanol–water partition coefficient (Wildman–Crippen LogP) is 4.99. The summed E-state index contributed by atoms with van der Waals surface area (Å²) in [6.45, 7) is 1.97. The second-order valence-corrected chi connectivity index (χ2v) is 6.96. The van der Waals surface area contributed by atoms with Crippen molar-refractivity contribution in [2.75, 3.05) is 5.75 Å². The van der Waals surface area contributed by atoms with E-state index in [1.807, 2.05) is 6.92 Å². The van der Waals surface area contributed by atoms with E-state index in [1.165, 1.54) is 40.5 Å². The summed E-state index contributed by atoms with van der Waals surface area (Å²) in [5.74, 6) is -0.682. The smallest absolute Gasteiger partial charge is 0.211 e. The lowest BCUT2D eigenvalue weighted by atomic mass is 10.1. The van der Waals surface area contributed by atoms with Crippen LogP contribution in [-0.2, 0) is 0 Å². The Hall–Kier alpha value is -2.87. The van der Waals surface area contributed by atoms with Crippen molar-refractivity contribution in [3.8, 4) is 22.5 Å². The summed E-state index contributed by atoms with van der Waals surface area (Å²) in [7, 11) is 0. The fraction of sp³-hybridized carbons (Fsp3) is 0.105. The largest absolute Gasteiger partial charge is 0.254 e. The fourth-order valence-electron chi connectivity index (χ4n) is 2.72. The van der Waals surface area contributed by atoms with Gasteiger partial charge in [-0.25, -0.2) is 18.2 Å². The second kappa shape index (κ2) is 7.03. The Morgan fingerprint density at radius 2 is 1.56 bits per heavy atom. The molecule has 0 aliphatic rings. The average Bonchev–Trinajstić information content (AvgIpc) is 3.03. The first-order valence-electron chi connectivity index (χ1n) is 8.16. The van der Waals surface area contributed by atoms with Crippen molar-refractivity contribution >= 4 is 17.5 Å². The Morgan fingerprint density at radius 1 is 0.852 bits per heavy atom. The molecule has 4 rings (SSSR count). The third-order valence-corrected chi connectivity index (χ3v) is 4.58. The van der Waals surface area contributed by atoms with Gasteiger partial charge in [-0.3, -0.25) is 0 Å². The van der Waals surface area contributed by atoms with E-state index in [4.69, 9.17) is 0 Å². The van der Waals surface area contributed by atoms with E-state index in [2.05, 4.69) is 15.1 Å². The van der Waals surface area contributed by atoms with E-state index in [0.29, 0.717) is 33.4 Å². The van der Waals surface area contributed by atoms with Crippen molar-refractivity contribution in [1.29, 1.82) is 0 Å². The molecule has 0 N–H and O–H groups in total. The number of nitrogens with zero attached hydrogens (tertiary/aromatic N) is 4. The molecule has 0 aliphatic carbocycles. The molecule has 0 amide bonds. The van der Waals surface area contributed by atoms with E-state index >= 15 is 0 Å². The Balaban J connectivity index is 1.97. The zero-order chi connectivity index (χ0) is 19.0. The molecular formula is C19H13F3N4S. The van der Waals surface area contributed by atoms with E-state index in [-0.39, 0.29) is 5.82 Å². The molecule has 8 heteroatoms. The van der Waals surface area contributed by atoms with Gasteiger partial charge in [-0.2, -0.15) is 9.50 Å². The van der Waals surface area contributed by atoms with Crippen LogP contribution < -0.4 is 0 Å². The SMILES string of the molecule is CCSc1nc2nc(-c3ccc(F)cc3)cc(-c3cc(F)cc(F)c3)n2n1. The highest BCUT2D eigenvalue weighted by Crippen LogP contribution is 2.28. The number of halogens is 3. The van der Waals surface area contributed by atoms with Crippen LogP contribution in [0.15, 0.2) is 53.7 Å². The van der Waals surface area contributed by atoms with Gasteiger partial charge in [0.15, 0.2) is 0 Å². The van der Waals surface area contributed by atoms with Crippen LogP contribution in [0.3, 0.4) is 0 Å². The maximum Gasteiger partial charge on any atom is 0.254 e. The Labute approximate surface area is 157 Å². The summed E-state index contributed by atoms with van der Waals surface area (Å²) in [6, 6.07) is 10.7. The van der Waals surface area contributed by atoms with E-state index in [1.54, 1.807) is 18.2 Å². The summed E-state index contributed by atoms with van der Waals surface area (Å²) in [5.41, 5.74) is 1.90. The summed E-state index contributed by atoms with van der Waals surface area (Å²) >= 11 is 1.43. The quantitative estimate of drug-likeness (QED) is 0.464. The highest BCUT2D eigenvalue weighted by Gasteiger charge is 2.15. The number of fused-ring (bicyclic) bond motifs is 1. The van der Waals surface area contributed by atoms with Gasteiger partial charge in [0.2, 0.25) is 5.16 Å². The van der Waals surface area contributed by atoms with Crippen LogP contribution in [0.2, 0.25) is 0 Å². The predicted molar refractivity (Wildman–Crippen MR) is 97.9 cm³/mol. The number of hydrogen-bond acceptors (Lipinski definition) is 4. The second-order valence-electron chi connectivity index (χ2n) is 5.73. The van der Waals surface area contributed by atoms with Gasteiger partial charge in [0.05, 0.1) is 11.4 Å². The lowest BCUT2D eigenvalue weighted by molar-refractivity contribution is 0.584. The first-order chi connectivity index (χ1) is 13.0. The molecule has 0 spiro atoms. The highest BCUT2D eigenvalue weighted by atomic mass is 32.2. The van der Waals surface area contributed by atoms with Crippen LogP contribution in [0.5, 0.6) is 0 Å². The lowest BCUT2D eigenvalue weighted by Gasteiger charge is -2.08. The maximum absolute atomic E-state index is 13.8. The number of thioether (sulfide) groups is 1. The summed E-state index contributed by atoms with van der Waals surface area (Å²) < 4.78 is 42.2. The van der Waals surface area contributed by atoms with Crippen molar-refractivity contribution in [2.45, 2.75) is 12.1 Å². The third kappa shape index (κ3) is 3.52. The van der Waals surface area contributed by atoms with Crippen LogP contribution in [-0.4, -0.2) is 25.3 Å². The molecule has 136 valence electrons. The van der Waals surface area contributed by atoms with Gasteiger partial charge in [-0.05, 0) is 48.2 Å². The van der Waals surface area contributed by atoms with Gasteiger partial charge in [0, 0.05) is 17.2 Å². The third-order valence-electron chi connectivity index (χ3n) is 3.86. The van der Waals surface area contributed by atoms with Gasteiger partial charge in [0.25, 0.3) is 5.78 Å². The van der Waals surface area contributed by atoms with Crippen molar-refractivity contribution in [3.63, 3.8) is 0 Å². The molecule has 27 heavy (non-hydrogen) atoms. The van der Waals surface area contributed by atoms with Gasteiger partial charge >= 0.3 is 0 Å². The molecular weight excluding hydrogens is 373 g/mol. The number of hydrogen-bond donors (Lipinski definition) is 0. The Morgan fingerprint density at radius 3 is 2.22 bits per heavy atom. The standard InChI is InChI=1S/C19H13F3N4S/c1-2-27-19-24-18-23-16(11-3-5-13(20)6-4-11)10-17(26(18)25-19)12-7-14(21)9-15(22)8-12/h3-10H,2H2,1H3. The van der Waals surface area contributed by atoms with E-state index in [9.17, 15) is 13.2 Å². The minimum atomic E-state index is -0.693. The van der Waals surface area contributed by atoms with Crippen LogP contribution in [0.4, 0.5) is 13.2 Å². The van der Waals surface area contributed by atoms with Gasteiger partial charge in [-0.15, -0.1) is 5.10 Å². The monoisotopic (exact) mass is 386 g/mol. The Bertz CT molecular complexity index is 1110. The summed E-state index contributed by atoms with van der Waals surface area (Å²) in [5, 5.41) is 4.90. The minimum absolute atomic E-state index is 0.299. The molecule has 0 saturated heterocycles. The molecule has 4 aromatic rings. The van der Waals surface area contributed by atoms with Crippen molar-refractivity contribution < 1.29 is 13.2 Å². The molecule has 4 nitrogen and oxygen atoms in total. The molecule has 2 heterocycles. The maximum atomic E-state index is 13.8. The molecule has 0 unspecified atom stereocenters. The number of aromatic nitrogens is 4. The molecule has 0 bridgehead atoms. The molecule has 0 fully saturated rings. The van der Waals surface area contributed by atoms with Gasteiger partial charge in [-0.1, -0.05) is 18.7 Å². The number of rotatable bonds is 4. The first-order valence-corrected chi connectivity index (χ1v) is 9.15. The van der Waals surface area contributed by atoms with Crippen molar-refractivity contribution in [2.24, 2.45) is 0 Å². The lowest BCUT2D eigenvalue weighted by Crippen LogP contribution is -1.99. The molecule has 0 saturated carbocycles. The fourth-order valence-corrected chi connectivity index (χ4v) is 3.26. The molecule has 0 aliphatic heterocycles. The topological polar surface area (TPSA) is 43.1 Å². The van der Waals surface area contributed by atoms with Crippen molar-refractivity contribution in [3.05, 3.63) is 66.0 Å². The Kier molecular flexibility index (Phi) is 4.57. The summed E-state index contributed by atoms with van der Waals surface area (Å²) in [6.07, 6.45) is 0.